The summed E-state index contributed by atoms with van der Waals surface area (Å²) in [5, 5.41) is 0. The van der Waals surface area contributed by atoms with Gasteiger partial charge in [-0.3, -0.25) is 0 Å². The Labute approximate surface area is 101 Å². The number of hydrogen-bond donors (Lipinski definition) is 0. The standard InChI is InChI=1S/C13H20N2O2/c1-8-10(3)16-12(5)14(8)7-15-9(2)11(4)17-13(15)6/h7H2,1-6H3/q+2. The number of aryl methyl sites for hydroxylation is 4. The van der Waals surface area contributed by atoms with Gasteiger partial charge in [-0.25, -0.2) is 0 Å². The van der Waals surface area contributed by atoms with E-state index in [2.05, 4.69) is 23.0 Å². The quantitative estimate of drug-likeness (QED) is 0.745. The SMILES string of the molecule is Cc1oc(C)[n+](C[n+]2c(C)oc(C)c2C)c1C. The highest BCUT2D eigenvalue weighted by Crippen LogP contribution is 2.07. The van der Waals surface area contributed by atoms with Crippen LogP contribution in [0.25, 0.3) is 0 Å². The molecule has 17 heavy (non-hydrogen) atoms. The summed E-state index contributed by atoms with van der Waals surface area (Å²) in [6.45, 7) is 12.8. The fraction of sp³-hybridized carbons (Fsp3) is 0.538. The van der Waals surface area contributed by atoms with Gasteiger partial charge in [0.1, 0.15) is 0 Å². The molecule has 0 aliphatic carbocycles. The molecule has 2 aromatic rings. The fourth-order valence-electron chi connectivity index (χ4n) is 2.11. The zero-order valence-electron chi connectivity index (χ0n) is 11.4. The van der Waals surface area contributed by atoms with Crippen LogP contribution in [0.2, 0.25) is 0 Å². The molecule has 92 valence electrons. The average molecular weight is 236 g/mol. The second-order valence-electron chi connectivity index (χ2n) is 4.52. The van der Waals surface area contributed by atoms with Crippen LogP contribution < -0.4 is 9.13 Å². The van der Waals surface area contributed by atoms with Crippen LogP contribution >= 0.6 is 0 Å². The van der Waals surface area contributed by atoms with Crippen molar-refractivity contribution in [2.45, 2.75) is 48.2 Å². The van der Waals surface area contributed by atoms with Gasteiger partial charge in [-0.1, -0.05) is 0 Å². The molecule has 2 rings (SSSR count). The molecule has 0 spiro atoms. The molecule has 0 saturated heterocycles. The van der Waals surface area contributed by atoms with E-state index in [-0.39, 0.29) is 0 Å². The fourth-order valence-corrected chi connectivity index (χ4v) is 2.11. The van der Waals surface area contributed by atoms with E-state index >= 15 is 0 Å². The molecule has 0 saturated carbocycles. The summed E-state index contributed by atoms with van der Waals surface area (Å²) in [7, 11) is 0. The Bertz CT molecular complexity index is 514. The molecule has 0 bridgehead atoms. The van der Waals surface area contributed by atoms with Crippen LogP contribution in [0, 0.1) is 41.5 Å². The smallest absolute Gasteiger partial charge is 0.350 e. The number of rotatable bonds is 2. The molecule has 0 aromatic carbocycles. The number of oxazole rings is 2. The van der Waals surface area contributed by atoms with Crippen molar-refractivity contribution in [1.29, 1.82) is 0 Å². The molecule has 4 nitrogen and oxygen atoms in total. The third-order valence-electron chi connectivity index (χ3n) is 3.47. The van der Waals surface area contributed by atoms with E-state index in [9.17, 15) is 0 Å². The second-order valence-corrected chi connectivity index (χ2v) is 4.52. The van der Waals surface area contributed by atoms with Crippen molar-refractivity contribution in [3.63, 3.8) is 0 Å². The molecule has 0 N–H and O–H groups in total. The highest BCUT2D eigenvalue weighted by Gasteiger charge is 2.28. The minimum atomic E-state index is 0.740. The molecule has 0 radical (unpaired) electrons. The van der Waals surface area contributed by atoms with Gasteiger partial charge in [0.05, 0.1) is 13.8 Å². The summed E-state index contributed by atoms with van der Waals surface area (Å²) >= 11 is 0. The minimum absolute atomic E-state index is 0.740. The number of hydrogen-bond acceptors (Lipinski definition) is 2. The molecule has 0 aliphatic heterocycles. The zero-order chi connectivity index (χ0) is 12.7. The maximum absolute atomic E-state index is 5.62. The summed E-state index contributed by atoms with van der Waals surface area (Å²) < 4.78 is 15.6. The Kier molecular flexibility index (Phi) is 2.81. The molecule has 0 unspecified atom stereocenters. The molecular weight excluding hydrogens is 216 g/mol. The Morgan fingerprint density at radius 1 is 0.706 bits per heavy atom. The van der Waals surface area contributed by atoms with E-state index in [0.717, 1.165) is 41.4 Å². The van der Waals surface area contributed by atoms with E-state index in [1.807, 2.05) is 27.7 Å². The molecular formula is C13H20N2O2+2. The Balaban J connectivity index is 2.44. The van der Waals surface area contributed by atoms with Gasteiger partial charge < -0.3 is 8.83 Å². The first-order valence-electron chi connectivity index (χ1n) is 5.84. The van der Waals surface area contributed by atoms with Crippen molar-refractivity contribution in [2.24, 2.45) is 0 Å². The van der Waals surface area contributed by atoms with E-state index in [0.29, 0.717) is 0 Å². The molecule has 0 atom stereocenters. The van der Waals surface area contributed by atoms with Gasteiger partial charge in [-0.15, -0.1) is 9.13 Å². The predicted octanol–water partition coefficient (Wildman–Crippen LogP) is 1.80. The summed E-state index contributed by atoms with van der Waals surface area (Å²) in [5.74, 6) is 3.78. The summed E-state index contributed by atoms with van der Waals surface area (Å²) in [6.07, 6.45) is 0. The van der Waals surface area contributed by atoms with Crippen LogP contribution in [0.1, 0.15) is 34.7 Å². The second kappa shape index (κ2) is 4.02. The maximum atomic E-state index is 5.62. The van der Waals surface area contributed by atoms with Crippen LogP contribution in [0.4, 0.5) is 0 Å². The van der Waals surface area contributed by atoms with Gasteiger partial charge in [0.2, 0.25) is 11.4 Å². The predicted molar refractivity (Wildman–Crippen MR) is 61.6 cm³/mol. The van der Waals surface area contributed by atoms with Gasteiger partial charge in [0, 0.05) is 27.7 Å². The normalized spacial score (nSPS) is 11.2. The van der Waals surface area contributed by atoms with E-state index < -0.39 is 0 Å². The minimum Gasteiger partial charge on any atom is -0.407 e. The van der Waals surface area contributed by atoms with Crippen molar-refractivity contribution in [3.05, 3.63) is 34.7 Å². The van der Waals surface area contributed by atoms with Crippen LogP contribution in [0.15, 0.2) is 8.83 Å². The third-order valence-corrected chi connectivity index (χ3v) is 3.47. The van der Waals surface area contributed by atoms with Crippen LogP contribution in [-0.4, -0.2) is 0 Å². The first-order chi connectivity index (χ1) is 7.91. The Morgan fingerprint density at radius 2 is 1.06 bits per heavy atom. The summed E-state index contributed by atoms with van der Waals surface area (Å²) in [4.78, 5) is 0. The van der Waals surface area contributed by atoms with Gasteiger partial charge >= 0.3 is 18.5 Å². The number of aromatic nitrogens is 2. The van der Waals surface area contributed by atoms with Crippen LogP contribution in [-0.2, 0) is 6.67 Å². The first-order valence-corrected chi connectivity index (χ1v) is 5.84. The highest BCUT2D eigenvalue weighted by molar-refractivity contribution is 4.98. The monoisotopic (exact) mass is 236 g/mol. The Hall–Kier alpha value is -1.58. The Morgan fingerprint density at radius 3 is 1.29 bits per heavy atom. The van der Waals surface area contributed by atoms with Crippen molar-refractivity contribution in [2.75, 3.05) is 0 Å². The van der Waals surface area contributed by atoms with Gasteiger partial charge in [0.15, 0.2) is 11.5 Å². The largest absolute Gasteiger partial charge is 0.407 e. The van der Waals surface area contributed by atoms with Gasteiger partial charge in [-0.05, 0) is 0 Å². The van der Waals surface area contributed by atoms with Gasteiger partial charge in [-0.2, -0.15) is 0 Å². The topological polar surface area (TPSA) is 34.0 Å². The van der Waals surface area contributed by atoms with Crippen molar-refractivity contribution >= 4 is 0 Å². The highest BCUT2D eigenvalue weighted by atomic mass is 16.4. The van der Waals surface area contributed by atoms with E-state index in [1.165, 1.54) is 0 Å². The molecule has 2 heterocycles. The summed E-state index contributed by atoms with van der Waals surface area (Å²) in [5.41, 5.74) is 2.32. The maximum Gasteiger partial charge on any atom is 0.350 e. The summed E-state index contributed by atoms with van der Waals surface area (Å²) in [6, 6.07) is 0. The van der Waals surface area contributed by atoms with Crippen molar-refractivity contribution in [1.82, 2.24) is 0 Å². The van der Waals surface area contributed by atoms with Crippen molar-refractivity contribution < 1.29 is 18.0 Å². The molecule has 2 aromatic heterocycles. The molecule has 0 aliphatic rings. The van der Waals surface area contributed by atoms with E-state index in [1.54, 1.807) is 0 Å². The van der Waals surface area contributed by atoms with E-state index in [4.69, 9.17) is 8.83 Å². The molecule has 4 heteroatoms. The average Bonchev–Trinajstić information content (AvgIpc) is 2.62. The lowest BCUT2D eigenvalue weighted by Crippen LogP contribution is -2.55. The lowest BCUT2D eigenvalue weighted by molar-refractivity contribution is -0.924. The van der Waals surface area contributed by atoms with Crippen LogP contribution in [0.5, 0.6) is 0 Å². The van der Waals surface area contributed by atoms with Gasteiger partial charge in [0.25, 0.3) is 0 Å². The lowest BCUT2D eigenvalue weighted by Gasteiger charge is -1.92. The van der Waals surface area contributed by atoms with Crippen LogP contribution in [0.3, 0.4) is 0 Å². The lowest BCUT2D eigenvalue weighted by atomic mass is 10.4. The zero-order valence-corrected chi connectivity index (χ0v) is 11.4. The molecule has 0 fully saturated rings. The molecule has 0 amide bonds. The first kappa shape index (κ1) is 11.9. The van der Waals surface area contributed by atoms with Crippen molar-refractivity contribution in [3.8, 4) is 0 Å². The number of nitrogens with zero attached hydrogens (tertiary/aromatic N) is 2. The third kappa shape index (κ3) is 1.88.